The van der Waals surface area contributed by atoms with Gasteiger partial charge in [0.05, 0.1) is 12.2 Å². The lowest BCUT2D eigenvalue weighted by Crippen LogP contribution is -2.09. The maximum atomic E-state index is 13.5. The van der Waals surface area contributed by atoms with Crippen LogP contribution in [-0.2, 0) is 9.53 Å². The van der Waals surface area contributed by atoms with Crippen molar-refractivity contribution >= 4 is 23.9 Å². The average molecular weight is 431 g/mol. The van der Waals surface area contributed by atoms with Crippen LogP contribution in [-0.4, -0.2) is 24.4 Å². The average Bonchev–Trinajstić information content (AvgIpc) is 3.16. The van der Waals surface area contributed by atoms with E-state index < -0.39 is 17.8 Å². The van der Waals surface area contributed by atoms with E-state index >= 15 is 0 Å². The van der Waals surface area contributed by atoms with E-state index in [0.717, 1.165) is 0 Å². The molecule has 0 aliphatic carbocycles. The molecule has 0 aromatic heterocycles. The molecule has 3 aromatic carbocycles. The third kappa shape index (κ3) is 4.73. The molecule has 0 spiro atoms. The first-order valence-corrected chi connectivity index (χ1v) is 9.86. The quantitative estimate of drug-likeness (QED) is 0.319. The zero-order chi connectivity index (χ0) is 22.5. The number of nitrogens with zero attached hydrogens (tertiary/aromatic N) is 1. The summed E-state index contributed by atoms with van der Waals surface area (Å²) < 4.78 is 29.7. The minimum Gasteiger partial charge on any atom is -0.490 e. The van der Waals surface area contributed by atoms with E-state index in [2.05, 4.69) is 4.99 Å². The highest BCUT2D eigenvalue weighted by Gasteiger charge is 2.24. The number of esters is 2. The number of hydrogen-bond donors (Lipinski definition) is 0. The van der Waals surface area contributed by atoms with Crippen molar-refractivity contribution in [3.05, 3.63) is 101 Å². The number of ether oxygens (including phenoxy) is 3. The molecule has 6 nitrogen and oxygen atoms in total. The van der Waals surface area contributed by atoms with E-state index in [4.69, 9.17) is 14.2 Å². The van der Waals surface area contributed by atoms with E-state index in [1.807, 2.05) is 0 Å². The summed E-state index contributed by atoms with van der Waals surface area (Å²) in [7, 11) is 0. The molecule has 4 rings (SSSR count). The fraction of sp³-hybridized carbons (Fsp3) is 0.0800. The van der Waals surface area contributed by atoms with Crippen molar-refractivity contribution in [3.8, 4) is 11.5 Å². The van der Waals surface area contributed by atoms with Crippen LogP contribution in [0.3, 0.4) is 0 Å². The van der Waals surface area contributed by atoms with Gasteiger partial charge in [0, 0.05) is 5.56 Å². The molecule has 0 fully saturated rings. The number of hydrogen-bond acceptors (Lipinski definition) is 6. The lowest BCUT2D eigenvalue weighted by Gasteiger charge is -2.11. The summed E-state index contributed by atoms with van der Waals surface area (Å²) in [4.78, 5) is 28.8. The van der Waals surface area contributed by atoms with Crippen LogP contribution in [0, 0.1) is 5.82 Å². The molecule has 1 aliphatic heterocycles. The van der Waals surface area contributed by atoms with Crippen molar-refractivity contribution in [2.45, 2.75) is 6.92 Å². The Morgan fingerprint density at radius 3 is 2.59 bits per heavy atom. The van der Waals surface area contributed by atoms with E-state index in [-0.39, 0.29) is 17.3 Å². The van der Waals surface area contributed by atoms with Crippen LogP contribution in [0.25, 0.3) is 6.08 Å². The van der Waals surface area contributed by atoms with Crippen molar-refractivity contribution in [3.63, 3.8) is 0 Å². The van der Waals surface area contributed by atoms with Crippen LogP contribution in [0.15, 0.2) is 83.5 Å². The summed E-state index contributed by atoms with van der Waals surface area (Å²) in [5.74, 6) is -1.00. The smallest absolute Gasteiger partial charge is 0.363 e. The van der Waals surface area contributed by atoms with E-state index in [1.54, 1.807) is 61.5 Å². The molecule has 0 radical (unpaired) electrons. The van der Waals surface area contributed by atoms with Gasteiger partial charge < -0.3 is 14.2 Å². The second kappa shape index (κ2) is 9.26. The topological polar surface area (TPSA) is 74.2 Å². The van der Waals surface area contributed by atoms with E-state index in [0.29, 0.717) is 29.0 Å². The Hall–Kier alpha value is -4.26. The highest BCUT2D eigenvalue weighted by Crippen LogP contribution is 2.31. The van der Waals surface area contributed by atoms with Crippen LogP contribution in [0.1, 0.15) is 28.4 Å². The summed E-state index contributed by atoms with van der Waals surface area (Å²) >= 11 is 0. The maximum Gasteiger partial charge on any atom is 0.363 e. The number of carbonyl (C=O) groups is 2. The Balaban J connectivity index is 1.60. The van der Waals surface area contributed by atoms with Crippen molar-refractivity contribution in [2.24, 2.45) is 4.99 Å². The van der Waals surface area contributed by atoms with Gasteiger partial charge in [-0.3, -0.25) is 0 Å². The molecule has 1 heterocycles. The fourth-order valence-corrected chi connectivity index (χ4v) is 3.01. The van der Waals surface area contributed by atoms with Crippen LogP contribution < -0.4 is 9.47 Å². The number of aliphatic imine (C=N–C) groups is 1. The molecule has 7 heteroatoms. The molecular weight excluding hydrogens is 413 g/mol. The van der Waals surface area contributed by atoms with Gasteiger partial charge in [-0.05, 0) is 61.0 Å². The maximum absolute atomic E-state index is 13.5. The van der Waals surface area contributed by atoms with Gasteiger partial charge in [-0.25, -0.2) is 19.0 Å². The molecule has 1 aliphatic rings. The lowest BCUT2D eigenvalue weighted by atomic mass is 10.1. The van der Waals surface area contributed by atoms with Crippen LogP contribution in [0.2, 0.25) is 0 Å². The molecular formula is C25H18FNO5. The number of cyclic esters (lactones) is 1. The van der Waals surface area contributed by atoms with Gasteiger partial charge in [-0.2, -0.15) is 0 Å². The fourth-order valence-electron chi connectivity index (χ4n) is 3.01. The van der Waals surface area contributed by atoms with Gasteiger partial charge in [0.1, 0.15) is 5.82 Å². The molecule has 0 saturated carbocycles. The normalized spacial score (nSPS) is 14.1. The molecule has 0 amide bonds. The van der Waals surface area contributed by atoms with Crippen LogP contribution in [0.4, 0.5) is 4.39 Å². The SMILES string of the molecule is CCOc1cc(C=C2N=C(c3cccc(F)c3)OC2=O)ccc1OC(=O)c1ccccc1. The predicted molar refractivity (Wildman–Crippen MR) is 116 cm³/mol. The summed E-state index contributed by atoms with van der Waals surface area (Å²) in [6, 6.07) is 19.1. The Morgan fingerprint density at radius 1 is 1.03 bits per heavy atom. The Kier molecular flexibility index (Phi) is 6.07. The van der Waals surface area contributed by atoms with E-state index in [1.165, 1.54) is 24.3 Å². The largest absolute Gasteiger partial charge is 0.490 e. The Bertz CT molecular complexity index is 1230. The highest BCUT2D eigenvalue weighted by molar-refractivity contribution is 6.12. The van der Waals surface area contributed by atoms with E-state index in [9.17, 15) is 14.0 Å². The molecule has 0 unspecified atom stereocenters. The van der Waals surface area contributed by atoms with Gasteiger partial charge in [0.15, 0.2) is 17.2 Å². The molecule has 32 heavy (non-hydrogen) atoms. The highest BCUT2D eigenvalue weighted by atomic mass is 19.1. The van der Waals surface area contributed by atoms with Gasteiger partial charge in [0.2, 0.25) is 5.90 Å². The second-order valence-corrected chi connectivity index (χ2v) is 6.74. The summed E-state index contributed by atoms with van der Waals surface area (Å²) in [6.07, 6.45) is 1.51. The molecule has 3 aromatic rings. The van der Waals surface area contributed by atoms with Gasteiger partial charge in [-0.15, -0.1) is 0 Å². The zero-order valence-corrected chi connectivity index (χ0v) is 17.1. The summed E-state index contributed by atoms with van der Waals surface area (Å²) in [6.45, 7) is 2.15. The first-order valence-electron chi connectivity index (χ1n) is 9.86. The van der Waals surface area contributed by atoms with Crippen LogP contribution >= 0.6 is 0 Å². The first kappa shape index (κ1) is 21.0. The van der Waals surface area contributed by atoms with Crippen LogP contribution in [0.5, 0.6) is 11.5 Å². The summed E-state index contributed by atoms with van der Waals surface area (Å²) in [5.41, 5.74) is 1.42. The molecule has 0 bridgehead atoms. The van der Waals surface area contributed by atoms with Gasteiger partial charge >= 0.3 is 11.9 Å². The molecule has 0 atom stereocenters. The Labute approximate surface area is 183 Å². The summed E-state index contributed by atoms with van der Waals surface area (Å²) in [5, 5.41) is 0. The third-order valence-electron chi connectivity index (χ3n) is 4.48. The van der Waals surface area contributed by atoms with Crippen molar-refractivity contribution in [2.75, 3.05) is 6.61 Å². The predicted octanol–water partition coefficient (Wildman–Crippen LogP) is 4.79. The Morgan fingerprint density at radius 2 is 1.84 bits per heavy atom. The number of halogens is 1. The van der Waals surface area contributed by atoms with Crippen molar-refractivity contribution < 1.29 is 28.2 Å². The zero-order valence-electron chi connectivity index (χ0n) is 17.1. The third-order valence-corrected chi connectivity index (χ3v) is 4.48. The monoisotopic (exact) mass is 431 g/mol. The molecule has 0 N–H and O–H groups in total. The lowest BCUT2D eigenvalue weighted by molar-refractivity contribution is -0.129. The minimum atomic E-state index is -0.651. The number of benzene rings is 3. The molecule has 0 saturated heterocycles. The van der Waals surface area contributed by atoms with Gasteiger partial charge in [0.25, 0.3) is 0 Å². The van der Waals surface area contributed by atoms with Crippen molar-refractivity contribution in [1.29, 1.82) is 0 Å². The number of rotatable bonds is 6. The van der Waals surface area contributed by atoms with Crippen molar-refractivity contribution in [1.82, 2.24) is 0 Å². The second-order valence-electron chi connectivity index (χ2n) is 6.74. The number of carbonyl (C=O) groups excluding carboxylic acids is 2. The van der Waals surface area contributed by atoms with Gasteiger partial charge in [-0.1, -0.05) is 30.3 Å². The standard InChI is InChI=1S/C25H18FNO5/c1-2-30-22-14-16(11-12-21(22)31-24(28)17-7-4-3-5-8-17)13-20-25(29)32-23(27-20)18-9-6-10-19(26)15-18/h3-15H,2H2,1H3. The minimum absolute atomic E-state index is 0.0270. The first-order chi connectivity index (χ1) is 15.5. The molecule has 160 valence electrons.